The molecule has 0 spiro atoms. The lowest BCUT2D eigenvalue weighted by Crippen LogP contribution is -2.20. The molecule has 0 atom stereocenters. The zero-order valence-electron chi connectivity index (χ0n) is 17.1. The summed E-state index contributed by atoms with van der Waals surface area (Å²) in [5, 5.41) is 0. The predicted octanol–water partition coefficient (Wildman–Crippen LogP) is 4.09. The van der Waals surface area contributed by atoms with E-state index in [1.165, 1.54) is 14.2 Å². The summed E-state index contributed by atoms with van der Waals surface area (Å²) < 4.78 is 15.9. The standard InChI is InChI=1S/C25H20O6/c1-29-24(27)19-18(15-9-5-3-6-10-15)17-13-14-31-23(17)21(20(19)25(28)30-2)22(26)16-11-7-4-8-12-16/h3-12H,13-14H2,1-2H3. The van der Waals surface area contributed by atoms with E-state index >= 15 is 0 Å². The van der Waals surface area contributed by atoms with Gasteiger partial charge in [0.15, 0.2) is 5.78 Å². The van der Waals surface area contributed by atoms with Gasteiger partial charge < -0.3 is 14.2 Å². The fourth-order valence-electron chi connectivity index (χ4n) is 3.92. The van der Waals surface area contributed by atoms with Gasteiger partial charge in [0.25, 0.3) is 0 Å². The summed E-state index contributed by atoms with van der Waals surface area (Å²) in [7, 11) is 2.44. The highest BCUT2D eigenvalue weighted by atomic mass is 16.5. The molecule has 0 bridgehead atoms. The Bertz CT molecular complexity index is 1170. The van der Waals surface area contributed by atoms with Crippen molar-refractivity contribution in [1.29, 1.82) is 0 Å². The quantitative estimate of drug-likeness (QED) is 0.460. The molecule has 1 aliphatic heterocycles. The van der Waals surface area contributed by atoms with Crippen LogP contribution in [0, 0.1) is 0 Å². The third kappa shape index (κ3) is 3.46. The maximum absolute atomic E-state index is 13.5. The van der Waals surface area contributed by atoms with E-state index in [0.717, 1.165) is 0 Å². The molecule has 3 aromatic rings. The summed E-state index contributed by atoms with van der Waals surface area (Å²) in [5.41, 5.74) is 2.17. The van der Waals surface area contributed by atoms with Crippen LogP contribution in [0.3, 0.4) is 0 Å². The SMILES string of the molecule is COC(=O)c1c(C(=O)c2ccccc2)c2c(c(-c3ccccc3)c1C(=O)OC)CCO2. The Kier molecular flexibility index (Phi) is 5.54. The maximum atomic E-state index is 13.5. The molecule has 31 heavy (non-hydrogen) atoms. The Balaban J connectivity index is 2.14. The van der Waals surface area contributed by atoms with Crippen molar-refractivity contribution in [2.45, 2.75) is 6.42 Å². The van der Waals surface area contributed by atoms with Crippen LogP contribution < -0.4 is 4.74 Å². The molecule has 6 heteroatoms. The lowest BCUT2D eigenvalue weighted by atomic mass is 9.84. The second-order valence-corrected chi connectivity index (χ2v) is 6.95. The van der Waals surface area contributed by atoms with E-state index in [1.54, 1.807) is 30.3 Å². The normalized spacial score (nSPS) is 11.9. The van der Waals surface area contributed by atoms with E-state index in [9.17, 15) is 14.4 Å². The van der Waals surface area contributed by atoms with Crippen molar-refractivity contribution in [1.82, 2.24) is 0 Å². The first-order valence-corrected chi connectivity index (χ1v) is 9.75. The number of ether oxygens (including phenoxy) is 3. The second kappa shape index (κ2) is 8.44. The molecular formula is C25H20O6. The van der Waals surface area contributed by atoms with Crippen LogP contribution in [0.4, 0.5) is 0 Å². The minimum atomic E-state index is -0.810. The van der Waals surface area contributed by atoms with Crippen LogP contribution in [-0.2, 0) is 15.9 Å². The summed E-state index contributed by atoms with van der Waals surface area (Å²) >= 11 is 0. The highest BCUT2D eigenvalue weighted by molar-refractivity contribution is 6.21. The summed E-state index contributed by atoms with van der Waals surface area (Å²) in [6, 6.07) is 17.7. The molecule has 3 aromatic carbocycles. The number of fused-ring (bicyclic) bond motifs is 1. The number of benzene rings is 3. The molecule has 1 heterocycles. The lowest BCUT2D eigenvalue weighted by Gasteiger charge is -2.20. The average Bonchev–Trinajstić information content (AvgIpc) is 3.31. The van der Waals surface area contributed by atoms with Gasteiger partial charge in [0, 0.05) is 23.1 Å². The molecule has 0 saturated heterocycles. The highest BCUT2D eigenvalue weighted by Crippen LogP contribution is 2.44. The van der Waals surface area contributed by atoms with Gasteiger partial charge in [-0.2, -0.15) is 0 Å². The van der Waals surface area contributed by atoms with E-state index in [-0.39, 0.29) is 16.7 Å². The van der Waals surface area contributed by atoms with Crippen LogP contribution in [0.5, 0.6) is 5.75 Å². The molecule has 0 saturated carbocycles. The van der Waals surface area contributed by atoms with Crippen molar-refractivity contribution in [3.05, 3.63) is 88.5 Å². The number of rotatable bonds is 5. The van der Waals surface area contributed by atoms with Crippen molar-refractivity contribution in [2.75, 3.05) is 20.8 Å². The van der Waals surface area contributed by atoms with Gasteiger partial charge in [-0.15, -0.1) is 0 Å². The molecule has 0 fully saturated rings. The molecule has 4 rings (SSSR count). The van der Waals surface area contributed by atoms with E-state index in [2.05, 4.69) is 0 Å². The predicted molar refractivity (Wildman–Crippen MR) is 114 cm³/mol. The summed E-state index contributed by atoms with van der Waals surface area (Å²) in [5.74, 6) is -1.66. The Morgan fingerprint density at radius 2 is 1.35 bits per heavy atom. The number of carbonyl (C=O) groups is 3. The summed E-state index contributed by atoms with van der Waals surface area (Å²) in [6.07, 6.45) is 0.486. The fourth-order valence-corrected chi connectivity index (χ4v) is 3.92. The zero-order valence-corrected chi connectivity index (χ0v) is 17.1. The molecule has 0 N–H and O–H groups in total. The van der Waals surface area contributed by atoms with Gasteiger partial charge >= 0.3 is 11.9 Å². The molecule has 6 nitrogen and oxygen atoms in total. The van der Waals surface area contributed by atoms with Gasteiger partial charge in [-0.25, -0.2) is 9.59 Å². The molecular weight excluding hydrogens is 396 g/mol. The lowest BCUT2D eigenvalue weighted by molar-refractivity contribution is 0.0554. The van der Waals surface area contributed by atoms with Crippen molar-refractivity contribution < 1.29 is 28.6 Å². The van der Waals surface area contributed by atoms with Crippen LogP contribution in [-0.4, -0.2) is 38.5 Å². The molecule has 0 aromatic heterocycles. The van der Waals surface area contributed by atoms with E-state index in [4.69, 9.17) is 14.2 Å². The zero-order chi connectivity index (χ0) is 22.0. The Labute approximate surface area is 179 Å². The molecule has 1 aliphatic rings. The first-order valence-electron chi connectivity index (χ1n) is 9.75. The van der Waals surface area contributed by atoms with Gasteiger partial charge in [0.1, 0.15) is 5.75 Å². The molecule has 0 aliphatic carbocycles. The highest BCUT2D eigenvalue weighted by Gasteiger charge is 2.37. The van der Waals surface area contributed by atoms with Crippen molar-refractivity contribution in [3.8, 4) is 16.9 Å². The summed E-state index contributed by atoms with van der Waals surface area (Å²) in [6.45, 7) is 0.329. The van der Waals surface area contributed by atoms with Gasteiger partial charge in [-0.05, 0) is 5.56 Å². The van der Waals surface area contributed by atoms with E-state index in [1.807, 2.05) is 30.3 Å². The Morgan fingerprint density at radius 1 is 0.774 bits per heavy atom. The van der Waals surface area contributed by atoms with Crippen LogP contribution >= 0.6 is 0 Å². The van der Waals surface area contributed by atoms with Crippen LogP contribution in [0.2, 0.25) is 0 Å². The Hall–Kier alpha value is -3.93. The second-order valence-electron chi connectivity index (χ2n) is 6.95. The molecule has 0 unspecified atom stereocenters. The maximum Gasteiger partial charge on any atom is 0.339 e. The van der Waals surface area contributed by atoms with Crippen LogP contribution in [0.25, 0.3) is 11.1 Å². The first-order chi connectivity index (χ1) is 15.1. The first kappa shape index (κ1) is 20.3. The average molecular weight is 416 g/mol. The number of methoxy groups -OCH3 is 2. The van der Waals surface area contributed by atoms with Crippen LogP contribution in [0.15, 0.2) is 60.7 Å². The van der Waals surface area contributed by atoms with Gasteiger partial charge in [-0.3, -0.25) is 4.79 Å². The fraction of sp³-hybridized carbons (Fsp3) is 0.160. The minimum Gasteiger partial charge on any atom is -0.492 e. The Morgan fingerprint density at radius 3 is 1.97 bits per heavy atom. The third-order valence-electron chi connectivity index (χ3n) is 5.26. The monoisotopic (exact) mass is 416 g/mol. The minimum absolute atomic E-state index is 0.00378. The number of hydrogen-bond donors (Lipinski definition) is 0. The van der Waals surface area contributed by atoms with Crippen molar-refractivity contribution in [2.24, 2.45) is 0 Å². The van der Waals surface area contributed by atoms with Crippen molar-refractivity contribution >= 4 is 17.7 Å². The molecule has 0 amide bonds. The van der Waals surface area contributed by atoms with Crippen LogP contribution in [0.1, 0.15) is 42.2 Å². The van der Waals surface area contributed by atoms with Crippen molar-refractivity contribution in [3.63, 3.8) is 0 Å². The van der Waals surface area contributed by atoms with Gasteiger partial charge in [-0.1, -0.05) is 60.7 Å². The summed E-state index contributed by atoms with van der Waals surface area (Å²) in [4.78, 5) is 39.5. The van der Waals surface area contributed by atoms with E-state index in [0.29, 0.717) is 41.0 Å². The number of esters is 2. The third-order valence-corrected chi connectivity index (χ3v) is 5.26. The number of carbonyl (C=O) groups excluding carboxylic acids is 3. The number of ketones is 1. The molecule has 0 radical (unpaired) electrons. The number of hydrogen-bond acceptors (Lipinski definition) is 6. The molecule has 156 valence electrons. The topological polar surface area (TPSA) is 78.9 Å². The van der Waals surface area contributed by atoms with Gasteiger partial charge in [0.05, 0.1) is 37.5 Å². The van der Waals surface area contributed by atoms with Gasteiger partial charge in [0.2, 0.25) is 0 Å². The van der Waals surface area contributed by atoms with E-state index < -0.39 is 17.7 Å². The smallest absolute Gasteiger partial charge is 0.339 e. The largest absolute Gasteiger partial charge is 0.492 e.